The van der Waals surface area contributed by atoms with Crippen LogP contribution in [0.2, 0.25) is 0 Å². The fraction of sp³-hybridized carbons (Fsp3) is 0.600. The van der Waals surface area contributed by atoms with Gasteiger partial charge in [0.1, 0.15) is 5.75 Å². The molecule has 21 heavy (non-hydrogen) atoms. The third-order valence-electron chi connectivity index (χ3n) is 3.64. The summed E-state index contributed by atoms with van der Waals surface area (Å²) in [5, 5.41) is 0. The molecule has 118 valence electrons. The Hall–Kier alpha value is -1.24. The number of alkyl halides is 2. The van der Waals surface area contributed by atoms with Gasteiger partial charge in [-0.3, -0.25) is 4.90 Å². The van der Waals surface area contributed by atoms with Crippen LogP contribution in [-0.2, 0) is 4.74 Å². The zero-order valence-corrected chi connectivity index (χ0v) is 12.2. The quantitative estimate of drug-likeness (QED) is 0.907. The van der Waals surface area contributed by atoms with E-state index < -0.39 is 6.61 Å². The van der Waals surface area contributed by atoms with Crippen molar-refractivity contribution in [1.82, 2.24) is 4.90 Å². The van der Waals surface area contributed by atoms with Crippen molar-refractivity contribution >= 4 is 0 Å². The van der Waals surface area contributed by atoms with E-state index in [9.17, 15) is 8.78 Å². The number of halogens is 2. The van der Waals surface area contributed by atoms with Crippen LogP contribution in [-0.4, -0.2) is 43.9 Å². The lowest BCUT2D eigenvalue weighted by Gasteiger charge is -2.31. The highest BCUT2D eigenvalue weighted by atomic mass is 19.3. The first-order valence-corrected chi connectivity index (χ1v) is 7.21. The van der Waals surface area contributed by atoms with Crippen molar-refractivity contribution < 1.29 is 18.3 Å². The molecule has 0 bridgehead atoms. The van der Waals surface area contributed by atoms with E-state index in [0.29, 0.717) is 18.7 Å². The van der Waals surface area contributed by atoms with Crippen molar-refractivity contribution in [2.45, 2.75) is 32.1 Å². The molecule has 1 heterocycles. The lowest BCUT2D eigenvalue weighted by molar-refractivity contribution is -0.0512. The Morgan fingerprint density at radius 3 is 2.90 bits per heavy atom. The van der Waals surface area contributed by atoms with Crippen LogP contribution >= 0.6 is 0 Å². The first-order valence-electron chi connectivity index (χ1n) is 7.21. The Bertz CT molecular complexity index is 445. The van der Waals surface area contributed by atoms with Gasteiger partial charge in [0.25, 0.3) is 0 Å². The fourth-order valence-corrected chi connectivity index (χ4v) is 2.74. The number of nitrogens with zero attached hydrogens (tertiary/aromatic N) is 1. The van der Waals surface area contributed by atoms with E-state index in [1.807, 2.05) is 13.0 Å². The van der Waals surface area contributed by atoms with Crippen LogP contribution in [0.25, 0.3) is 0 Å². The molecule has 6 heteroatoms. The zero-order chi connectivity index (χ0) is 15.2. The van der Waals surface area contributed by atoms with Gasteiger partial charge in [0, 0.05) is 31.8 Å². The molecule has 2 atom stereocenters. The van der Waals surface area contributed by atoms with Crippen LogP contribution in [0.1, 0.15) is 24.9 Å². The van der Waals surface area contributed by atoms with Crippen LogP contribution in [0.15, 0.2) is 24.3 Å². The molecular formula is C15H22F2N2O2. The summed E-state index contributed by atoms with van der Waals surface area (Å²) in [7, 11) is 0. The van der Waals surface area contributed by atoms with Crippen LogP contribution < -0.4 is 10.5 Å². The molecule has 0 amide bonds. The maximum absolute atomic E-state index is 12.6. The monoisotopic (exact) mass is 300 g/mol. The molecule has 1 aliphatic heterocycles. The van der Waals surface area contributed by atoms with E-state index in [2.05, 4.69) is 9.64 Å². The van der Waals surface area contributed by atoms with Gasteiger partial charge in [0.05, 0.1) is 12.1 Å². The third kappa shape index (κ3) is 4.36. The van der Waals surface area contributed by atoms with E-state index in [1.54, 1.807) is 18.2 Å². The lowest BCUT2D eigenvalue weighted by atomic mass is 10.0. The molecule has 0 radical (unpaired) electrons. The number of nitrogens with two attached hydrogens (primary N) is 1. The maximum atomic E-state index is 12.6. The largest absolute Gasteiger partial charge is 0.434 e. The van der Waals surface area contributed by atoms with E-state index in [-0.39, 0.29) is 17.9 Å². The van der Waals surface area contributed by atoms with Crippen LogP contribution in [0.3, 0.4) is 0 Å². The molecule has 0 aromatic heterocycles. The first-order chi connectivity index (χ1) is 10.1. The molecule has 1 fully saturated rings. The van der Waals surface area contributed by atoms with Gasteiger partial charge < -0.3 is 15.2 Å². The zero-order valence-electron chi connectivity index (χ0n) is 12.2. The molecule has 1 saturated heterocycles. The van der Waals surface area contributed by atoms with Gasteiger partial charge in [0.2, 0.25) is 0 Å². The van der Waals surface area contributed by atoms with Crippen molar-refractivity contribution in [3.05, 3.63) is 29.8 Å². The number of rotatable bonds is 5. The standard InChI is InChI=1S/C15H22F2N2O2/c1-11-10-19(7-4-8-20-11)13(9-18)12-5-2-3-6-14(12)21-15(16)17/h2-3,5-6,11,13,15H,4,7-10,18H2,1H3. The second-order valence-electron chi connectivity index (χ2n) is 5.20. The number of benzene rings is 1. The molecule has 4 nitrogen and oxygen atoms in total. The molecule has 1 aliphatic rings. The second-order valence-corrected chi connectivity index (χ2v) is 5.20. The molecule has 2 N–H and O–H groups in total. The Morgan fingerprint density at radius 2 is 2.19 bits per heavy atom. The number of para-hydroxylation sites is 1. The van der Waals surface area contributed by atoms with E-state index in [1.165, 1.54) is 0 Å². The average molecular weight is 300 g/mol. The minimum atomic E-state index is -2.84. The average Bonchev–Trinajstić information content (AvgIpc) is 2.66. The minimum Gasteiger partial charge on any atom is -0.434 e. The summed E-state index contributed by atoms with van der Waals surface area (Å²) in [6.07, 6.45) is 1.00. The summed E-state index contributed by atoms with van der Waals surface area (Å²) in [4.78, 5) is 2.19. The third-order valence-corrected chi connectivity index (χ3v) is 3.64. The SMILES string of the molecule is CC1CN(C(CN)c2ccccc2OC(F)F)CCCO1. The predicted octanol–water partition coefficient (Wildman–Crippen LogP) is 2.40. The fourth-order valence-electron chi connectivity index (χ4n) is 2.74. The van der Waals surface area contributed by atoms with E-state index in [4.69, 9.17) is 10.5 Å². The van der Waals surface area contributed by atoms with Gasteiger partial charge in [-0.05, 0) is 19.4 Å². The summed E-state index contributed by atoms with van der Waals surface area (Å²) < 4.78 is 35.4. The molecule has 2 unspecified atom stereocenters. The normalized spacial score (nSPS) is 22.0. The molecule has 2 rings (SSSR count). The van der Waals surface area contributed by atoms with E-state index >= 15 is 0 Å². The van der Waals surface area contributed by atoms with Crippen molar-refractivity contribution in [3.63, 3.8) is 0 Å². The molecule has 0 spiro atoms. The Kier molecular flexibility index (Phi) is 5.90. The summed E-state index contributed by atoms with van der Waals surface area (Å²) >= 11 is 0. The van der Waals surface area contributed by atoms with Gasteiger partial charge in [-0.25, -0.2) is 0 Å². The summed E-state index contributed by atoms with van der Waals surface area (Å²) in [6.45, 7) is 1.78. The number of hydrogen-bond donors (Lipinski definition) is 1. The van der Waals surface area contributed by atoms with Gasteiger partial charge in [-0.1, -0.05) is 18.2 Å². The highest BCUT2D eigenvalue weighted by molar-refractivity contribution is 5.36. The summed E-state index contributed by atoms with van der Waals surface area (Å²) in [6, 6.07) is 6.70. The maximum Gasteiger partial charge on any atom is 0.387 e. The molecular weight excluding hydrogens is 278 g/mol. The van der Waals surface area contributed by atoms with E-state index in [0.717, 1.165) is 19.5 Å². The van der Waals surface area contributed by atoms with Gasteiger partial charge >= 0.3 is 6.61 Å². The predicted molar refractivity (Wildman–Crippen MR) is 76.5 cm³/mol. The lowest BCUT2D eigenvalue weighted by Crippen LogP contribution is -2.38. The topological polar surface area (TPSA) is 47.7 Å². The molecule has 1 aromatic rings. The van der Waals surface area contributed by atoms with Gasteiger partial charge in [-0.2, -0.15) is 8.78 Å². The van der Waals surface area contributed by atoms with Crippen LogP contribution in [0.5, 0.6) is 5.75 Å². The molecule has 1 aromatic carbocycles. The molecule has 0 aliphatic carbocycles. The second kappa shape index (κ2) is 7.68. The number of hydrogen-bond acceptors (Lipinski definition) is 4. The first kappa shape index (κ1) is 16.1. The highest BCUT2D eigenvalue weighted by Crippen LogP contribution is 2.30. The van der Waals surface area contributed by atoms with Gasteiger partial charge in [-0.15, -0.1) is 0 Å². The van der Waals surface area contributed by atoms with Crippen molar-refractivity contribution in [2.75, 3.05) is 26.2 Å². The summed E-state index contributed by atoms with van der Waals surface area (Å²) in [5.41, 5.74) is 6.61. The van der Waals surface area contributed by atoms with Gasteiger partial charge in [0.15, 0.2) is 0 Å². The van der Waals surface area contributed by atoms with Crippen molar-refractivity contribution in [3.8, 4) is 5.75 Å². The Labute approximate surface area is 123 Å². The van der Waals surface area contributed by atoms with Crippen LogP contribution in [0.4, 0.5) is 8.78 Å². The molecule has 0 saturated carbocycles. The highest BCUT2D eigenvalue weighted by Gasteiger charge is 2.26. The van der Waals surface area contributed by atoms with Crippen LogP contribution in [0, 0.1) is 0 Å². The Balaban J connectivity index is 2.23. The smallest absolute Gasteiger partial charge is 0.387 e. The minimum absolute atomic E-state index is 0.102. The number of ether oxygens (including phenoxy) is 2. The van der Waals surface area contributed by atoms with Crippen molar-refractivity contribution in [1.29, 1.82) is 0 Å². The Morgan fingerprint density at radius 1 is 1.43 bits per heavy atom. The summed E-state index contributed by atoms with van der Waals surface area (Å²) in [5.74, 6) is 0.195. The van der Waals surface area contributed by atoms with Crippen molar-refractivity contribution in [2.24, 2.45) is 5.73 Å².